The molecule has 150 valence electrons. The van der Waals surface area contributed by atoms with Crippen molar-refractivity contribution < 1.29 is 23.5 Å². The molecule has 0 spiro atoms. The van der Waals surface area contributed by atoms with Crippen molar-refractivity contribution >= 4 is 17.8 Å². The highest BCUT2D eigenvalue weighted by Gasteiger charge is 2.31. The molecule has 1 aromatic carbocycles. The number of benzene rings is 1. The van der Waals surface area contributed by atoms with Crippen molar-refractivity contribution in [3.63, 3.8) is 0 Å². The molecule has 0 bridgehead atoms. The van der Waals surface area contributed by atoms with Crippen molar-refractivity contribution in [3.05, 3.63) is 35.6 Å². The number of rotatable bonds is 6. The first-order valence-corrected chi connectivity index (χ1v) is 9.20. The summed E-state index contributed by atoms with van der Waals surface area (Å²) in [6, 6.07) is 7.32. The van der Waals surface area contributed by atoms with Crippen LogP contribution in [-0.4, -0.2) is 60.4 Å². The fourth-order valence-electron chi connectivity index (χ4n) is 3.05. The predicted octanol–water partition coefficient (Wildman–Crippen LogP) is 1.98. The molecule has 8 heteroatoms. The van der Waals surface area contributed by atoms with E-state index in [9.17, 15) is 18.8 Å². The van der Waals surface area contributed by atoms with Crippen LogP contribution in [0.15, 0.2) is 24.3 Å². The van der Waals surface area contributed by atoms with Crippen LogP contribution in [0.4, 0.5) is 4.39 Å². The smallest absolute Gasteiger partial charge is 0.309 e. The van der Waals surface area contributed by atoms with Gasteiger partial charge in [-0.15, -0.1) is 0 Å². The molecule has 1 atom stereocenters. The third-order valence-electron chi connectivity index (χ3n) is 4.78. The molecule has 1 saturated heterocycles. The van der Waals surface area contributed by atoms with Gasteiger partial charge in [0.2, 0.25) is 0 Å². The molecule has 1 heterocycles. The Kier molecular flexibility index (Phi) is 7.50. The summed E-state index contributed by atoms with van der Waals surface area (Å²) in [6.45, 7) is 2.57. The molecule has 1 aliphatic rings. The van der Waals surface area contributed by atoms with Crippen LogP contribution in [0.2, 0.25) is 0 Å². The van der Waals surface area contributed by atoms with E-state index in [1.807, 2.05) is 6.07 Å². The van der Waals surface area contributed by atoms with Gasteiger partial charge in [-0.1, -0.05) is 0 Å². The maximum atomic E-state index is 13.0. The summed E-state index contributed by atoms with van der Waals surface area (Å²) in [6.07, 6.45) is 0.173. The number of halogens is 1. The average Bonchev–Trinajstić information content (AvgIpc) is 2.71. The Hall–Kier alpha value is -2.95. The topological polar surface area (TPSA) is 90.7 Å². The van der Waals surface area contributed by atoms with Crippen molar-refractivity contribution in [1.82, 2.24) is 9.80 Å². The molecule has 7 nitrogen and oxygen atoms in total. The number of nitriles is 1. The number of amides is 2. The number of esters is 1. The highest BCUT2D eigenvalue weighted by Crippen LogP contribution is 2.21. The second-order valence-electron chi connectivity index (χ2n) is 6.82. The fraction of sp³-hybridized carbons (Fsp3) is 0.500. The second-order valence-corrected chi connectivity index (χ2v) is 6.82. The van der Waals surface area contributed by atoms with Crippen LogP contribution in [0.5, 0.6) is 0 Å². The third kappa shape index (κ3) is 5.52. The van der Waals surface area contributed by atoms with Gasteiger partial charge in [0.05, 0.1) is 18.4 Å². The largest absolute Gasteiger partial charge is 0.452 e. The quantitative estimate of drug-likeness (QED) is 0.694. The SMILES string of the molecule is C[C@@H](OC(=O)C1CCN(C(=O)c2ccc(F)cc2)CC1)C(=O)N(C)CCC#N. The summed E-state index contributed by atoms with van der Waals surface area (Å²) < 4.78 is 18.3. The number of nitrogens with zero attached hydrogens (tertiary/aromatic N) is 3. The highest BCUT2D eigenvalue weighted by atomic mass is 19.1. The third-order valence-corrected chi connectivity index (χ3v) is 4.78. The Balaban J connectivity index is 1.83. The standard InChI is InChI=1S/C20H24FN3O4/c1-14(18(25)23(2)11-3-10-22)28-20(27)16-8-12-24(13-9-16)19(26)15-4-6-17(21)7-5-15/h4-7,14,16H,3,8-9,11-13H2,1-2H3/t14-/m1/s1. The van der Waals surface area contributed by atoms with Gasteiger partial charge in [0, 0.05) is 32.2 Å². The Morgan fingerprint density at radius 1 is 1.29 bits per heavy atom. The lowest BCUT2D eigenvalue weighted by Crippen LogP contribution is -2.43. The second kappa shape index (κ2) is 9.83. The van der Waals surface area contributed by atoms with Gasteiger partial charge in [0.15, 0.2) is 6.10 Å². The van der Waals surface area contributed by atoms with E-state index in [4.69, 9.17) is 10.00 Å². The fourth-order valence-corrected chi connectivity index (χ4v) is 3.05. The minimum absolute atomic E-state index is 0.200. The molecule has 1 aliphatic heterocycles. The van der Waals surface area contributed by atoms with E-state index in [1.54, 1.807) is 11.9 Å². The number of carbonyl (C=O) groups excluding carboxylic acids is 3. The van der Waals surface area contributed by atoms with Gasteiger partial charge in [0.1, 0.15) is 5.82 Å². The first kappa shape index (κ1) is 21.4. The van der Waals surface area contributed by atoms with Gasteiger partial charge in [-0.3, -0.25) is 14.4 Å². The molecule has 1 fully saturated rings. The summed E-state index contributed by atoms with van der Waals surface area (Å²) in [4.78, 5) is 39.9. The zero-order valence-electron chi connectivity index (χ0n) is 16.1. The van der Waals surface area contributed by atoms with Crippen molar-refractivity contribution in [2.75, 3.05) is 26.7 Å². The number of piperidine rings is 1. The zero-order valence-corrected chi connectivity index (χ0v) is 16.1. The molecular weight excluding hydrogens is 365 g/mol. The van der Waals surface area contributed by atoms with Gasteiger partial charge < -0.3 is 14.5 Å². The molecule has 0 radical (unpaired) electrons. The average molecular weight is 389 g/mol. The zero-order chi connectivity index (χ0) is 20.7. The van der Waals surface area contributed by atoms with Gasteiger partial charge in [-0.05, 0) is 44.0 Å². The van der Waals surface area contributed by atoms with E-state index in [0.717, 1.165) is 0 Å². The van der Waals surface area contributed by atoms with Gasteiger partial charge in [-0.2, -0.15) is 5.26 Å². The summed E-state index contributed by atoms with van der Waals surface area (Å²) in [5.74, 6) is -1.79. The van der Waals surface area contributed by atoms with Crippen LogP contribution >= 0.6 is 0 Å². The number of hydrogen-bond acceptors (Lipinski definition) is 5. The van der Waals surface area contributed by atoms with E-state index in [2.05, 4.69) is 0 Å². The first-order valence-electron chi connectivity index (χ1n) is 9.20. The van der Waals surface area contributed by atoms with E-state index >= 15 is 0 Å². The summed E-state index contributed by atoms with van der Waals surface area (Å²) in [5.41, 5.74) is 0.405. The minimum Gasteiger partial charge on any atom is -0.452 e. The Morgan fingerprint density at radius 2 is 1.89 bits per heavy atom. The van der Waals surface area contributed by atoms with Crippen molar-refractivity contribution in [2.24, 2.45) is 5.92 Å². The van der Waals surface area contributed by atoms with Crippen LogP contribution in [0.25, 0.3) is 0 Å². The number of hydrogen-bond donors (Lipinski definition) is 0. The van der Waals surface area contributed by atoms with Crippen LogP contribution in [0, 0.1) is 23.1 Å². The summed E-state index contributed by atoms with van der Waals surface area (Å²) >= 11 is 0. The van der Waals surface area contributed by atoms with E-state index < -0.39 is 17.9 Å². The van der Waals surface area contributed by atoms with Crippen molar-refractivity contribution in [3.8, 4) is 6.07 Å². The van der Waals surface area contributed by atoms with E-state index in [0.29, 0.717) is 31.5 Å². The minimum atomic E-state index is -0.921. The molecule has 0 saturated carbocycles. The monoisotopic (exact) mass is 389 g/mol. The number of ether oxygens (including phenoxy) is 1. The molecule has 2 amide bonds. The molecular formula is C20H24FN3O4. The Morgan fingerprint density at radius 3 is 2.46 bits per heavy atom. The number of likely N-dealkylation sites (N-methyl/N-ethyl adjacent to an activating group) is 1. The molecule has 0 aliphatic carbocycles. The van der Waals surface area contributed by atoms with Crippen LogP contribution in [0.3, 0.4) is 0 Å². The molecule has 2 rings (SSSR count). The molecule has 0 unspecified atom stereocenters. The Labute approximate surface area is 163 Å². The lowest BCUT2D eigenvalue weighted by molar-refractivity contribution is -0.163. The van der Waals surface area contributed by atoms with Crippen LogP contribution < -0.4 is 0 Å². The van der Waals surface area contributed by atoms with Crippen molar-refractivity contribution in [1.29, 1.82) is 5.26 Å². The molecule has 28 heavy (non-hydrogen) atoms. The van der Waals surface area contributed by atoms with Gasteiger partial charge >= 0.3 is 5.97 Å². The lowest BCUT2D eigenvalue weighted by Gasteiger charge is -2.31. The Bertz CT molecular complexity index is 752. The normalized spacial score (nSPS) is 15.4. The first-order chi connectivity index (χ1) is 13.3. The van der Waals surface area contributed by atoms with Crippen LogP contribution in [0.1, 0.15) is 36.5 Å². The maximum absolute atomic E-state index is 13.0. The highest BCUT2D eigenvalue weighted by molar-refractivity contribution is 5.94. The molecule has 1 aromatic rings. The molecule has 0 aromatic heterocycles. The van der Waals surface area contributed by atoms with Gasteiger partial charge in [-0.25, -0.2) is 4.39 Å². The lowest BCUT2D eigenvalue weighted by atomic mass is 9.96. The summed E-state index contributed by atoms with van der Waals surface area (Å²) in [5, 5.41) is 8.58. The summed E-state index contributed by atoms with van der Waals surface area (Å²) in [7, 11) is 1.56. The van der Waals surface area contributed by atoms with Crippen LogP contribution in [-0.2, 0) is 14.3 Å². The maximum Gasteiger partial charge on any atom is 0.309 e. The number of carbonyl (C=O) groups is 3. The van der Waals surface area contributed by atoms with Crippen molar-refractivity contribution in [2.45, 2.75) is 32.3 Å². The molecule has 0 N–H and O–H groups in total. The predicted molar refractivity (Wildman–Crippen MR) is 98.4 cm³/mol. The van der Waals surface area contributed by atoms with E-state index in [1.165, 1.54) is 36.1 Å². The number of likely N-dealkylation sites (tertiary alicyclic amines) is 1. The van der Waals surface area contributed by atoms with Gasteiger partial charge in [0.25, 0.3) is 11.8 Å². The van der Waals surface area contributed by atoms with E-state index in [-0.39, 0.29) is 30.7 Å².